The van der Waals surface area contributed by atoms with E-state index in [0.717, 1.165) is 5.56 Å². The molecule has 0 unspecified atom stereocenters. The van der Waals surface area contributed by atoms with Crippen molar-refractivity contribution in [3.63, 3.8) is 0 Å². The molecule has 0 aliphatic rings. The molecule has 9 heteroatoms. The van der Waals surface area contributed by atoms with Gasteiger partial charge >= 0.3 is 0 Å². The normalized spacial score (nSPS) is 12.6. The lowest BCUT2D eigenvalue weighted by Gasteiger charge is -2.31. The van der Waals surface area contributed by atoms with E-state index in [2.05, 4.69) is 5.32 Å². The largest absolute Gasteiger partial charge is 0.394 e. The van der Waals surface area contributed by atoms with Gasteiger partial charge in [0.15, 0.2) is 0 Å². The van der Waals surface area contributed by atoms with E-state index in [4.69, 9.17) is 11.6 Å². The first kappa shape index (κ1) is 26.8. The molecule has 3 N–H and O–H groups in total. The van der Waals surface area contributed by atoms with Crippen LogP contribution in [-0.4, -0.2) is 48.1 Å². The third-order valence-electron chi connectivity index (χ3n) is 5.67. The van der Waals surface area contributed by atoms with Crippen LogP contribution < -0.4 is 5.32 Å². The third kappa shape index (κ3) is 6.68. The maximum Gasteiger partial charge on any atom is 0.251 e. The molecule has 0 aliphatic carbocycles. The first-order valence-corrected chi connectivity index (χ1v) is 13.1. The molecule has 0 spiro atoms. The minimum Gasteiger partial charge on any atom is -0.394 e. The predicted molar refractivity (Wildman–Crippen MR) is 136 cm³/mol. The van der Waals surface area contributed by atoms with Crippen LogP contribution in [0.25, 0.3) is 0 Å². The van der Waals surface area contributed by atoms with Gasteiger partial charge in [-0.2, -0.15) is 4.31 Å². The van der Waals surface area contributed by atoms with Gasteiger partial charge in [-0.3, -0.25) is 4.79 Å². The van der Waals surface area contributed by atoms with Gasteiger partial charge in [-0.25, -0.2) is 8.42 Å². The number of rotatable bonds is 11. The highest BCUT2D eigenvalue weighted by Crippen LogP contribution is 2.32. The van der Waals surface area contributed by atoms with E-state index in [0.29, 0.717) is 22.6 Å². The number of amides is 1. The second-order valence-electron chi connectivity index (χ2n) is 8.07. The minimum atomic E-state index is -3.88. The molecule has 35 heavy (non-hydrogen) atoms. The highest BCUT2D eigenvalue weighted by Gasteiger charge is 2.32. The molecule has 186 valence electrons. The Morgan fingerprint density at radius 1 is 0.943 bits per heavy atom. The number of sulfonamides is 1. The third-order valence-corrected chi connectivity index (χ3v) is 7.79. The molecule has 1 atom stereocenters. The molecule has 0 saturated carbocycles. The fourth-order valence-electron chi connectivity index (χ4n) is 3.74. The Balaban J connectivity index is 1.94. The molecule has 0 aliphatic heterocycles. The molecular formula is C26H29ClN2O5S. The van der Waals surface area contributed by atoms with Crippen molar-refractivity contribution in [2.75, 3.05) is 13.2 Å². The zero-order valence-electron chi connectivity index (χ0n) is 19.3. The number of aliphatic hydroxyl groups excluding tert-OH is 2. The topological polar surface area (TPSA) is 107 Å². The molecule has 3 aromatic rings. The van der Waals surface area contributed by atoms with Crippen LogP contribution in [0, 0.1) is 0 Å². The van der Waals surface area contributed by atoms with Gasteiger partial charge in [0.05, 0.1) is 30.2 Å². The summed E-state index contributed by atoms with van der Waals surface area (Å²) in [7, 11) is -3.88. The highest BCUT2D eigenvalue weighted by atomic mass is 35.5. The van der Waals surface area contributed by atoms with Crippen LogP contribution >= 0.6 is 11.6 Å². The van der Waals surface area contributed by atoms with E-state index in [1.54, 1.807) is 36.4 Å². The van der Waals surface area contributed by atoms with E-state index in [1.807, 2.05) is 37.3 Å². The van der Waals surface area contributed by atoms with Gasteiger partial charge in [0.25, 0.3) is 5.91 Å². The van der Waals surface area contributed by atoms with E-state index in [9.17, 15) is 23.4 Å². The molecule has 3 rings (SSSR count). The van der Waals surface area contributed by atoms with Gasteiger partial charge in [-0.05, 0) is 53.9 Å². The Hall–Kier alpha value is -2.75. The van der Waals surface area contributed by atoms with E-state index in [1.165, 1.54) is 16.4 Å². The van der Waals surface area contributed by atoms with Gasteiger partial charge in [-0.15, -0.1) is 0 Å². The number of carbonyl (C=O) groups excluding carboxylic acids is 1. The zero-order chi connectivity index (χ0) is 25.4. The predicted octanol–water partition coefficient (Wildman–Crippen LogP) is 3.77. The van der Waals surface area contributed by atoms with Crippen LogP contribution in [0.2, 0.25) is 5.02 Å². The van der Waals surface area contributed by atoms with E-state index < -0.39 is 28.0 Å². The standard InChI is InChI=1S/C26H29ClN2O5S/c1-2-25(20-6-4-3-5-7-20)29(35(33,34)24-14-12-22(27)13-15-24)16-19-8-10-21(11-9-19)26(32)28-23(17-30)18-31/h3-15,23,25,30-31H,2,16-18H2,1H3,(H,28,32)/t25-/m0/s1. The summed E-state index contributed by atoms with van der Waals surface area (Å²) in [5.74, 6) is -0.439. The van der Waals surface area contributed by atoms with Crippen molar-refractivity contribution in [1.82, 2.24) is 9.62 Å². The Morgan fingerprint density at radius 2 is 1.54 bits per heavy atom. The number of nitrogens with one attached hydrogen (secondary N) is 1. The molecule has 0 heterocycles. The Labute approximate surface area is 211 Å². The molecule has 0 bridgehead atoms. The van der Waals surface area contributed by atoms with Crippen molar-refractivity contribution in [3.05, 3.63) is 101 Å². The van der Waals surface area contributed by atoms with E-state index >= 15 is 0 Å². The Kier molecular flexibility index (Phi) is 9.42. The summed E-state index contributed by atoms with van der Waals surface area (Å²) in [4.78, 5) is 12.5. The fraction of sp³-hybridized carbons (Fsp3) is 0.269. The Bertz CT molecular complexity index is 1200. The number of benzene rings is 3. The summed E-state index contributed by atoms with van der Waals surface area (Å²) in [6, 6.07) is 21.0. The summed E-state index contributed by atoms with van der Waals surface area (Å²) < 4.78 is 29.0. The van der Waals surface area contributed by atoms with Gasteiger partial charge in [-0.1, -0.05) is 61.0 Å². The molecule has 1 amide bonds. The molecular weight excluding hydrogens is 488 g/mol. The lowest BCUT2D eigenvalue weighted by Crippen LogP contribution is -2.40. The summed E-state index contributed by atoms with van der Waals surface area (Å²) in [6.45, 7) is 1.27. The highest BCUT2D eigenvalue weighted by molar-refractivity contribution is 7.89. The smallest absolute Gasteiger partial charge is 0.251 e. The first-order chi connectivity index (χ1) is 16.8. The summed E-state index contributed by atoms with van der Waals surface area (Å²) in [6.07, 6.45) is 0.557. The quantitative estimate of drug-likeness (QED) is 0.359. The fourth-order valence-corrected chi connectivity index (χ4v) is 5.55. The number of hydrogen-bond acceptors (Lipinski definition) is 5. The zero-order valence-corrected chi connectivity index (χ0v) is 20.9. The van der Waals surface area contributed by atoms with Crippen molar-refractivity contribution in [2.45, 2.75) is 36.9 Å². The number of aliphatic hydroxyl groups is 2. The first-order valence-electron chi connectivity index (χ1n) is 11.2. The average molecular weight is 517 g/mol. The van der Waals surface area contributed by atoms with Crippen LogP contribution in [0.5, 0.6) is 0 Å². The maximum absolute atomic E-state index is 13.8. The molecule has 7 nitrogen and oxygen atoms in total. The molecule has 0 fully saturated rings. The monoisotopic (exact) mass is 516 g/mol. The summed E-state index contributed by atoms with van der Waals surface area (Å²) in [5.41, 5.74) is 1.92. The van der Waals surface area contributed by atoms with Crippen molar-refractivity contribution < 1.29 is 23.4 Å². The maximum atomic E-state index is 13.8. The summed E-state index contributed by atoms with van der Waals surface area (Å²) >= 11 is 5.98. The van der Waals surface area contributed by atoms with Crippen LogP contribution in [0.1, 0.15) is 40.9 Å². The van der Waals surface area contributed by atoms with E-state index in [-0.39, 0.29) is 24.7 Å². The summed E-state index contributed by atoms with van der Waals surface area (Å²) in [5, 5.41) is 21.3. The lowest BCUT2D eigenvalue weighted by atomic mass is 10.0. The SMILES string of the molecule is CC[C@@H](c1ccccc1)N(Cc1ccc(C(=O)NC(CO)CO)cc1)S(=O)(=O)c1ccc(Cl)cc1. The van der Waals surface area contributed by atoms with Crippen LogP contribution in [-0.2, 0) is 16.6 Å². The number of halogens is 1. The number of nitrogens with zero attached hydrogens (tertiary/aromatic N) is 1. The van der Waals surface area contributed by atoms with Crippen molar-refractivity contribution in [3.8, 4) is 0 Å². The van der Waals surface area contributed by atoms with Gasteiger partial charge in [0.1, 0.15) is 0 Å². The van der Waals surface area contributed by atoms with Crippen LogP contribution in [0.3, 0.4) is 0 Å². The number of carbonyl (C=O) groups is 1. The molecule has 0 aromatic heterocycles. The van der Waals surface area contributed by atoms with Crippen LogP contribution in [0.15, 0.2) is 83.8 Å². The lowest BCUT2D eigenvalue weighted by molar-refractivity contribution is 0.0879. The molecule has 0 radical (unpaired) electrons. The van der Waals surface area contributed by atoms with Crippen molar-refractivity contribution in [1.29, 1.82) is 0 Å². The van der Waals surface area contributed by atoms with Gasteiger partial charge in [0.2, 0.25) is 10.0 Å². The van der Waals surface area contributed by atoms with Crippen molar-refractivity contribution >= 4 is 27.5 Å². The van der Waals surface area contributed by atoms with Gasteiger partial charge < -0.3 is 15.5 Å². The minimum absolute atomic E-state index is 0.0934. The second kappa shape index (κ2) is 12.3. The number of hydrogen-bond donors (Lipinski definition) is 3. The molecule has 3 aromatic carbocycles. The second-order valence-corrected chi connectivity index (χ2v) is 10.4. The van der Waals surface area contributed by atoms with Gasteiger partial charge in [0, 0.05) is 17.1 Å². The van der Waals surface area contributed by atoms with Crippen molar-refractivity contribution in [2.24, 2.45) is 0 Å². The average Bonchev–Trinajstić information content (AvgIpc) is 2.88. The Morgan fingerprint density at radius 3 is 2.09 bits per heavy atom. The van der Waals surface area contributed by atoms with Crippen LogP contribution in [0.4, 0.5) is 0 Å². The molecule has 0 saturated heterocycles.